The topological polar surface area (TPSA) is 43.7 Å². The normalized spacial score (nSPS) is 12.2. The Balaban J connectivity index is 2.64. The van der Waals surface area contributed by atoms with Gasteiger partial charge in [0.2, 0.25) is 0 Å². The number of allylic oxidation sites excluding steroid dienone is 1. The van der Waals surface area contributed by atoms with Crippen molar-refractivity contribution in [2.75, 3.05) is 13.6 Å². The minimum absolute atomic E-state index is 0.208. The summed E-state index contributed by atoms with van der Waals surface area (Å²) in [5.41, 5.74) is 1.70. The lowest BCUT2D eigenvalue weighted by Gasteiger charge is -2.22. The maximum absolute atomic E-state index is 9.87. The fraction of sp³-hybridized carbons (Fsp3) is 0.333. The van der Waals surface area contributed by atoms with Gasteiger partial charge in [0.1, 0.15) is 5.75 Å². The van der Waals surface area contributed by atoms with Crippen LogP contribution in [0.3, 0.4) is 0 Å². The van der Waals surface area contributed by atoms with Crippen molar-refractivity contribution >= 4 is 0 Å². The standard InChI is InChI=1S/C12H17NO2/c1-9(2)13(3)8-12(15)10-4-6-11(14)7-5-10/h4-7,12,14-15H,1,8H2,2-3H3/t12-/m0/s1. The number of rotatable bonds is 4. The van der Waals surface area contributed by atoms with Crippen molar-refractivity contribution in [1.82, 2.24) is 4.90 Å². The highest BCUT2D eigenvalue weighted by Crippen LogP contribution is 2.18. The summed E-state index contributed by atoms with van der Waals surface area (Å²) < 4.78 is 0. The fourth-order valence-corrected chi connectivity index (χ4v) is 1.22. The Morgan fingerprint density at radius 3 is 2.40 bits per heavy atom. The summed E-state index contributed by atoms with van der Waals surface area (Å²) in [6, 6.07) is 6.57. The lowest BCUT2D eigenvalue weighted by atomic mass is 10.1. The smallest absolute Gasteiger partial charge is 0.115 e. The third kappa shape index (κ3) is 3.29. The Morgan fingerprint density at radius 2 is 1.93 bits per heavy atom. The molecule has 0 aromatic heterocycles. The van der Waals surface area contributed by atoms with E-state index in [0.717, 1.165) is 11.3 Å². The van der Waals surface area contributed by atoms with Gasteiger partial charge < -0.3 is 15.1 Å². The number of nitrogens with zero attached hydrogens (tertiary/aromatic N) is 1. The summed E-state index contributed by atoms with van der Waals surface area (Å²) in [7, 11) is 1.88. The molecule has 3 nitrogen and oxygen atoms in total. The monoisotopic (exact) mass is 207 g/mol. The average molecular weight is 207 g/mol. The van der Waals surface area contributed by atoms with Crippen LogP contribution >= 0.6 is 0 Å². The van der Waals surface area contributed by atoms with Gasteiger partial charge in [0, 0.05) is 19.3 Å². The first-order valence-electron chi connectivity index (χ1n) is 4.84. The zero-order valence-corrected chi connectivity index (χ0v) is 9.14. The Kier molecular flexibility index (Phi) is 3.74. The molecule has 0 amide bonds. The number of hydrogen-bond acceptors (Lipinski definition) is 3. The Labute approximate surface area is 90.3 Å². The van der Waals surface area contributed by atoms with E-state index in [4.69, 9.17) is 5.11 Å². The number of aliphatic hydroxyl groups is 1. The van der Waals surface area contributed by atoms with Gasteiger partial charge in [-0.2, -0.15) is 0 Å². The van der Waals surface area contributed by atoms with Gasteiger partial charge in [-0.25, -0.2) is 0 Å². The number of phenols is 1. The molecule has 2 N–H and O–H groups in total. The molecule has 0 aliphatic carbocycles. The molecule has 0 aliphatic rings. The Bertz CT molecular complexity index is 332. The van der Waals surface area contributed by atoms with Crippen LogP contribution in [0.1, 0.15) is 18.6 Å². The molecule has 3 heteroatoms. The number of aromatic hydroxyl groups is 1. The van der Waals surface area contributed by atoms with E-state index in [1.165, 1.54) is 0 Å². The van der Waals surface area contributed by atoms with E-state index in [0.29, 0.717) is 6.54 Å². The molecule has 1 rings (SSSR count). The molecule has 0 unspecified atom stereocenters. The lowest BCUT2D eigenvalue weighted by molar-refractivity contribution is 0.141. The molecule has 0 heterocycles. The van der Waals surface area contributed by atoms with Crippen LogP contribution in [0.5, 0.6) is 5.75 Å². The maximum Gasteiger partial charge on any atom is 0.115 e. The highest BCUT2D eigenvalue weighted by atomic mass is 16.3. The predicted octanol–water partition coefficient (Wildman–Crippen LogP) is 1.89. The van der Waals surface area contributed by atoms with Gasteiger partial charge in [-0.15, -0.1) is 0 Å². The third-order valence-corrected chi connectivity index (χ3v) is 2.38. The Hall–Kier alpha value is -1.48. The lowest BCUT2D eigenvalue weighted by Crippen LogP contribution is -2.22. The molecule has 0 radical (unpaired) electrons. The first-order valence-corrected chi connectivity index (χ1v) is 4.84. The van der Waals surface area contributed by atoms with E-state index < -0.39 is 6.10 Å². The summed E-state index contributed by atoms with van der Waals surface area (Å²) in [5, 5.41) is 19.0. The molecule has 0 bridgehead atoms. The molecule has 0 spiro atoms. The number of aliphatic hydroxyl groups excluding tert-OH is 1. The maximum atomic E-state index is 9.87. The Morgan fingerprint density at radius 1 is 1.40 bits per heavy atom. The minimum atomic E-state index is -0.563. The van der Waals surface area contributed by atoms with Crippen molar-refractivity contribution in [3.8, 4) is 5.75 Å². The molecule has 1 atom stereocenters. The molecule has 82 valence electrons. The van der Waals surface area contributed by atoms with Gasteiger partial charge in [0.15, 0.2) is 0 Å². The van der Waals surface area contributed by atoms with Crippen molar-refractivity contribution < 1.29 is 10.2 Å². The molecule has 15 heavy (non-hydrogen) atoms. The van der Waals surface area contributed by atoms with Crippen LogP contribution in [-0.4, -0.2) is 28.7 Å². The molecule has 0 fully saturated rings. The van der Waals surface area contributed by atoms with Gasteiger partial charge in [-0.05, 0) is 24.6 Å². The van der Waals surface area contributed by atoms with E-state index in [9.17, 15) is 5.11 Å². The highest BCUT2D eigenvalue weighted by Gasteiger charge is 2.09. The van der Waals surface area contributed by atoms with Gasteiger partial charge in [0.25, 0.3) is 0 Å². The summed E-state index contributed by atoms with van der Waals surface area (Å²) >= 11 is 0. The van der Waals surface area contributed by atoms with Crippen LogP contribution in [0.15, 0.2) is 36.5 Å². The molecule has 1 aromatic carbocycles. The molecular formula is C12H17NO2. The second kappa shape index (κ2) is 4.84. The molecule has 0 aliphatic heterocycles. The van der Waals surface area contributed by atoms with E-state index in [2.05, 4.69) is 6.58 Å². The molecule has 0 saturated heterocycles. The summed E-state index contributed by atoms with van der Waals surface area (Å²) in [6.07, 6.45) is -0.563. The number of phenolic OH excluding ortho intramolecular Hbond substituents is 1. The van der Waals surface area contributed by atoms with Crippen molar-refractivity contribution in [1.29, 1.82) is 0 Å². The summed E-state index contributed by atoms with van der Waals surface area (Å²) in [4.78, 5) is 1.89. The van der Waals surface area contributed by atoms with Gasteiger partial charge in [0.05, 0.1) is 6.10 Å². The van der Waals surface area contributed by atoms with Crippen LogP contribution in [0, 0.1) is 0 Å². The largest absolute Gasteiger partial charge is 0.508 e. The SMILES string of the molecule is C=C(C)N(C)C[C@H](O)c1ccc(O)cc1. The summed E-state index contributed by atoms with van der Waals surface area (Å²) in [5.74, 6) is 0.208. The van der Waals surface area contributed by atoms with E-state index in [1.54, 1.807) is 24.3 Å². The highest BCUT2D eigenvalue weighted by molar-refractivity contribution is 5.27. The van der Waals surface area contributed by atoms with E-state index in [-0.39, 0.29) is 5.75 Å². The van der Waals surface area contributed by atoms with Crippen molar-refractivity contribution in [2.45, 2.75) is 13.0 Å². The zero-order valence-electron chi connectivity index (χ0n) is 9.14. The third-order valence-electron chi connectivity index (χ3n) is 2.38. The molecule has 0 saturated carbocycles. The predicted molar refractivity (Wildman–Crippen MR) is 60.5 cm³/mol. The first kappa shape index (κ1) is 11.6. The number of benzene rings is 1. The molecule has 1 aromatic rings. The van der Waals surface area contributed by atoms with E-state index in [1.807, 2.05) is 18.9 Å². The number of hydrogen-bond donors (Lipinski definition) is 2. The van der Waals surface area contributed by atoms with Gasteiger partial charge in [-0.3, -0.25) is 0 Å². The van der Waals surface area contributed by atoms with Crippen LogP contribution in [0.2, 0.25) is 0 Å². The van der Waals surface area contributed by atoms with Crippen LogP contribution in [0.4, 0.5) is 0 Å². The second-order valence-electron chi connectivity index (χ2n) is 3.72. The van der Waals surface area contributed by atoms with Crippen LogP contribution in [-0.2, 0) is 0 Å². The van der Waals surface area contributed by atoms with Gasteiger partial charge in [-0.1, -0.05) is 18.7 Å². The first-order chi connectivity index (χ1) is 7.00. The van der Waals surface area contributed by atoms with Crippen molar-refractivity contribution in [3.63, 3.8) is 0 Å². The van der Waals surface area contributed by atoms with Crippen molar-refractivity contribution in [2.24, 2.45) is 0 Å². The quantitative estimate of drug-likeness (QED) is 0.792. The van der Waals surface area contributed by atoms with Gasteiger partial charge >= 0.3 is 0 Å². The molecular weight excluding hydrogens is 190 g/mol. The van der Waals surface area contributed by atoms with Crippen LogP contribution < -0.4 is 0 Å². The minimum Gasteiger partial charge on any atom is -0.508 e. The van der Waals surface area contributed by atoms with Crippen LogP contribution in [0.25, 0.3) is 0 Å². The zero-order chi connectivity index (χ0) is 11.4. The fourth-order valence-electron chi connectivity index (χ4n) is 1.22. The summed E-state index contributed by atoms with van der Waals surface area (Å²) in [6.45, 7) is 6.18. The second-order valence-corrected chi connectivity index (χ2v) is 3.72. The van der Waals surface area contributed by atoms with Crippen molar-refractivity contribution in [3.05, 3.63) is 42.1 Å². The van der Waals surface area contributed by atoms with E-state index >= 15 is 0 Å². The average Bonchev–Trinajstić information content (AvgIpc) is 2.18. The number of likely N-dealkylation sites (N-methyl/N-ethyl adjacent to an activating group) is 1.